The Labute approximate surface area is 157 Å². The molecule has 1 fully saturated rings. The summed E-state index contributed by atoms with van der Waals surface area (Å²) in [6, 6.07) is 6.34. The van der Waals surface area contributed by atoms with Crippen LogP contribution in [0.25, 0.3) is 0 Å². The van der Waals surface area contributed by atoms with Crippen molar-refractivity contribution in [2.75, 3.05) is 19.3 Å². The van der Waals surface area contributed by atoms with Crippen LogP contribution in [-0.2, 0) is 0 Å². The molecular weight excluding hydrogens is 324 g/mol. The molecule has 1 unspecified atom stereocenters. The van der Waals surface area contributed by atoms with E-state index in [1.54, 1.807) is 0 Å². The zero-order valence-corrected chi connectivity index (χ0v) is 16.6. The van der Waals surface area contributed by atoms with Gasteiger partial charge in [-0.05, 0) is 55.7 Å². The Morgan fingerprint density at radius 1 is 1.28 bits per heavy atom. The molecule has 3 heteroatoms. The number of aliphatic imine (C=N–C) groups is 1. The molecule has 0 radical (unpaired) electrons. The minimum atomic E-state index is 0.726. The van der Waals surface area contributed by atoms with Crippen molar-refractivity contribution in [1.29, 1.82) is 0 Å². The Balaban J connectivity index is 2.19. The third-order valence-corrected chi connectivity index (χ3v) is 5.82. The van der Waals surface area contributed by atoms with Gasteiger partial charge in [0.1, 0.15) is 0 Å². The Morgan fingerprint density at radius 2 is 2.08 bits per heavy atom. The molecule has 0 saturated carbocycles. The van der Waals surface area contributed by atoms with Gasteiger partial charge in [0, 0.05) is 30.6 Å². The Morgan fingerprint density at radius 3 is 2.72 bits per heavy atom. The molecule has 0 aliphatic carbocycles. The lowest BCUT2D eigenvalue weighted by Gasteiger charge is -2.26. The molecule has 1 aliphatic rings. The maximum atomic E-state index is 4.84. The van der Waals surface area contributed by atoms with E-state index < -0.39 is 0 Å². The van der Waals surface area contributed by atoms with Crippen molar-refractivity contribution in [3.63, 3.8) is 0 Å². The van der Waals surface area contributed by atoms with Crippen LogP contribution in [-0.4, -0.2) is 35.2 Å². The summed E-state index contributed by atoms with van der Waals surface area (Å²) in [5, 5.41) is 0.726. The summed E-state index contributed by atoms with van der Waals surface area (Å²) in [4.78, 5) is 7.10. The zero-order valence-electron chi connectivity index (χ0n) is 15.8. The van der Waals surface area contributed by atoms with Gasteiger partial charge in [-0.25, -0.2) is 4.99 Å². The van der Waals surface area contributed by atoms with Crippen molar-refractivity contribution < 1.29 is 0 Å². The van der Waals surface area contributed by atoms with Gasteiger partial charge in [0.25, 0.3) is 0 Å². The normalized spacial score (nSPS) is 18.8. The third kappa shape index (κ3) is 5.93. The SMILES string of the molecule is C=CC(=Nc1cc(C)ccc1C)/C(C=C)=C/N(C)CC1CCCCS1. The number of aryl methyl sites for hydroxylation is 2. The van der Waals surface area contributed by atoms with E-state index in [2.05, 4.69) is 75.1 Å². The summed E-state index contributed by atoms with van der Waals surface area (Å²) >= 11 is 2.10. The fourth-order valence-electron chi connectivity index (χ4n) is 2.98. The van der Waals surface area contributed by atoms with Crippen LogP contribution in [0.1, 0.15) is 30.4 Å². The minimum Gasteiger partial charge on any atom is -0.379 e. The number of hydrogen-bond acceptors (Lipinski definition) is 3. The number of thioether (sulfide) groups is 1. The van der Waals surface area contributed by atoms with E-state index in [1.165, 1.54) is 36.1 Å². The highest BCUT2D eigenvalue weighted by atomic mass is 32.2. The topological polar surface area (TPSA) is 15.6 Å². The van der Waals surface area contributed by atoms with Gasteiger partial charge in [-0.15, -0.1) is 0 Å². The van der Waals surface area contributed by atoms with Crippen LogP contribution < -0.4 is 0 Å². The van der Waals surface area contributed by atoms with Crippen molar-refractivity contribution >= 4 is 23.2 Å². The predicted molar refractivity (Wildman–Crippen MR) is 114 cm³/mol. The fraction of sp³-hybridized carbons (Fsp3) is 0.409. The number of hydrogen-bond donors (Lipinski definition) is 0. The maximum Gasteiger partial charge on any atom is 0.0717 e. The number of benzene rings is 1. The molecule has 1 aromatic carbocycles. The lowest BCUT2D eigenvalue weighted by Crippen LogP contribution is -2.26. The van der Waals surface area contributed by atoms with Gasteiger partial charge >= 0.3 is 0 Å². The monoisotopic (exact) mass is 354 g/mol. The van der Waals surface area contributed by atoms with Crippen LogP contribution in [0.15, 0.2) is 60.3 Å². The Bertz CT molecular complexity index is 667. The smallest absolute Gasteiger partial charge is 0.0717 e. The molecule has 1 aliphatic heterocycles. The van der Waals surface area contributed by atoms with Gasteiger partial charge in [-0.2, -0.15) is 11.8 Å². The lowest BCUT2D eigenvalue weighted by atomic mass is 10.1. The van der Waals surface area contributed by atoms with E-state index in [-0.39, 0.29) is 0 Å². The van der Waals surface area contributed by atoms with Gasteiger partial charge in [0.2, 0.25) is 0 Å². The first-order valence-electron chi connectivity index (χ1n) is 8.98. The minimum absolute atomic E-state index is 0.726. The summed E-state index contributed by atoms with van der Waals surface area (Å²) in [6.45, 7) is 13.2. The van der Waals surface area contributed by atoms with E-state index in [1.807, 2.05) is 12.2 Å². The van der Waals surface area contributed by atoms with E-state index in [0.29, 0.717) is 0 Å². The molecule has 2 rings (SSSR count). The molecule has 0 bridgehead atoms. The van der Waals surface area contributed by atoms with Crippen LogP contribution in [0.5, 0.6) is 0 Å². The van der Waals surface area contributed by atoms with Gasteiger partial charge in [-0.3, -0.25) is 0 Å². The van der Waals surface area contributed by atoms with Crippen molar-refractivity contribution in [3.8, 4) is 0 Å². The first kappa shape index (κ1) is 19.6. The standard InChI is InChI=1S/C22H30N2S/c1-6-19(15-24(5)16-20-10-8-9-13-25-20)21(7-2)23-22-14-17(3)11-12-18(22)4/h6-7,11-12,14-15,20H,1-2,8-10,13,16H2,3-5H3/b19-15+,23-21?. The first-order valence-corrected chi connectivity index (χ1v) is 10.0. The van der Waals surface area contributed by atoms with Crippen LogP contribution >= 0.6 is 11.8 Å². The maximum absolute atomic E-state index is 4.84. The van der Waals surface area contributed by atoms with Crippen LogP contribution in [0, 0.1) is 13.8 Å². The van der Waals surface area contributed by atoms with Gasteiger partial charge in [0.05, 0.1) is 11.4 Å². The van der Waals surface area contributed by atoms with E-state index in [0.717, 1.165) is 28.8 Å². The van der Waals surface area contributed by atoms with Crippen LogP contribution in [0.3, 0.4) is 0 Å². The lowest BCUT2D eigenvalue weighted by molar-refractivity contribution is 0.434. The highest BCUT2D eigenvalue weighted by Gasteiger charge is 2.15. The summed E-state index contributed by atoms with van der Waals surface area (Å²) in [7, 11) is 2.14. The van der Waals surface area contributed by atoms with Crippen molar-refractivity contribution in [3.05, 3.63) is 66.4 Å². The zero-order chi connectivity index (χ0) is 18.2. The van der Waals surface area contributed by atoms with Gasteiger partial charge in [-0.1, -0.05) is 37.8 Å². The summed E-state index contributed by atoms with van der Waals surface area (Å²) < 4.78 is 0. The molecule has 1 aromatic rings. The number of allylic oxidation sites excluding steroid dienone is 3. The largest absolute Gasteiger partial charge is 0.379 e. The second-order valence-electron chi connectivity index (χ2n) is 6.71. The van der Waals surface area contributed by atoms with E-state index >= 15 is 0 Å². The summed E-state index contributed by atoms with van der Waals surface area (Å²) in [5.74, 6) is 1.29. The second-order valence-corrected chi connectivity index (χ2v) is 8.12. The first-order chi connectivity index (χ1) is 12.0. The predicted octanol–water partition coefficient (Wildman–Crippen LogP) is 5.85. The Kier molecular flexibility index (Phi) is 7.57. The molecule has 0 aromatic heterocycles. The third-order valence-electron chi connectivity index (χ3n) is 4.44. The summed E-state index contributed by atoms with van der Waals surface area (Å²) in [5.41, 5.74) is 5.25. The quantitative estimate of drug-likeness (QED) is 0.451. The Hall–Kier alpha value is -1.74. The highest BCUT2D eigenvalue weighted by Crippen LogP contribution is 2.26. The average Bonchev–Trinajstić information content (AvgIpc) is 2.61. The van der Waals surface area contributed by atoms with Gasteiger partial charge < -0.3 is 4.90 Å². The molecule has 1 heterocycles. The molecule has 134 valence electrons. The van der Waals surface area contributed by atoms with Crippen LogP contribution in [0.2, 0.25) is 0 Å². The molecule has 1 atom stereocenters. The molecule has 2 nitrogen and oxygen atoms in total. The average molecular weight is 355 g/mol. The molecule has 0 spiro atoms. The molecule has 25 heavy (non-hydrogen) atoms. The van der Waals surface area contributed by atoms with Crippen molar-refractivity contribution in [2.24, 2.45) is 4.99 Å². The van der Waals surface area contributed by atoms with E-state index in [4.69, 9.17) is 4.99 Å². The number of rotatable bonds is 7. The number of nitrogens with zero attached hydrogens (tertiary/aromatic N) is 2. The van der Waals surface area contributed by atoms with Gasteiger partial charge in [0.15, 0.2) is 0 Å². The molecular formula is C22H30N2S. The van der Waals surface area contributed by atoms with Crippen LogP contribution in [0.4, 0.5) is 5.69 Å². The molecule has 1 saturated heterocycles. The van der Waals surface area contributed by atoms with Crippen molar-refractivity contribution in [2.45, 2.75) is 38.4 Å². The second kappa shape index (κ2) is 9.67. The molecule has 0 N–H and O–H groups in total. The van der Waals surface area contributed by atoms with E-state index in [9.17, 15) is 0 Å². The fourth-order valence-corrected chi connectivity index (χ4v) is 4.36. The highest BCUT2D eigenvalue weighted by molar-refractivity contribution is 7.99. The summed E-state index contributed by atoms with van der Waals surface area (Å²) in [6.07, 6.45) is 9.87. The van der Waals surface area contributed by atoms with Crippen molar-refractivity contribution in [1.82, 2.24) is 4.90 Å². The molecule has 0 amide bonds.